The van der Waals surface area contributed by atoms with E-state index in [9.17, 15) is 0 Å². The summed E-state index contributed by atoms with van der Waals surface area (Å²) in [5.41, 5.74) is 7.41. The third-order valence-corrected chi connectivity index (χ3v) is 9.46. The molecule has 0 amide bonds. The average Bonchev–Trinajstić information content (AvgIpc) is 3.93. The van der Waals surface area contributed by atoms with Crippen LogP contribution >= 0.6 is 39.1 Å². The fourth-order valence-corrected chi connectivity index (χ4v) is 6.36. The number of aryl methyl sites for hydroxylation is 2. The number of halogens is 3. The Morgan fingerprint density at radius 1 is 0.583 bits per heavy atom. The van der Waals surface area contributed by atoms with Crippen molar-refractivity contribution >= 4 is 39.1 Å². The van der Waals surface area contributed by atoms with Crippen LogP contribution in [0.25, 0.3) is 11.1 Å². The number of benzene rings is 4. The zero-order chi connectivity index (χ0) is 33.1. The molecule has 0 aliphatic heterocycles. The minimum Gasteiger partial charge on any atom is -0.337 e. The van der Waals surface area contributed by atoms with E-state index < -0.39 is 0 Å². The molecule has 48 heavy (non-hydrogen) atoms. The molecule has 1 N–H and O–H groups in total. The molecule has 7 rings (SSSR count). The maximum atomic E-state index is 6.08. The summed E-state index contributed by atoms with van der Waals surface area (Å²) >= 11 is 15.6. The van der Waals surface area contributed by atoms with Gasteiger partial charge in [-0.2, -0.15) is 5.10 Å². The molecule has 7 aromatic rings. The van der Waals surface area contributed by atoms with Crippen LogP contribution in [0.5, 0.6) is 0 Å². The summed E-state index contributed by atoms with van der Waals surface area (Å²) in [6.07, 6.45) is 17.1. The van der Waals surface area contributed by atoms with E-state index in [2.05, 4.69) is 118 Å². The molecule has 4 aromatic carbocycles. The van der Waals surface area contributed by atoms with E-state index in [-0.39, 0.29) is 0 Å². The van der Waals surface area contributed by atoms with Gasteiger partial charge in [-0.25, -0.2) is 9.97 Å². The molecule has 0 bridgehead atoms. The number of hydrogen-bond donors (Lipinski definition) is 1. The first-order valence-corrected chi connectivity index (χ1v) is 17.3. The molecule has 2 atom stereocenters. The lowest BCUT2D eigenvalue weighted by molar-refractivity contribution is 0.595. The first-order valence-electron chi connectivity index (χ1n) is 15.8. The third-order valence-electron chi connectivity index (χ3n) is 8.43. The summed E-state index contributed by atoms with van der Waals surface area (Å²) in [4.78, 5) is 8.24. The number of imidazole rings is 2. The fraction of sp³-hybridized carbons (Fsp3) is 0.154. The lowest BCUT2D eigenvalue weighted by atomic mass is 9.88. The third kappa shape index (κ3) is 9.13. The van der Waals surface area contributed by atoms with E-state index in [1.807, 2.05) is 74.1 Å². The maximum Gasteiger partial charge on any atom is 0.0945 e. The minimum absolute atomic E-state index is 0.299. The monoisotopic (exact) mass is 736 g/mol. The van der Waals surface area contributed by atoms with Crippen molar-refractivity contribution in [3.05, 3.63) is 184 Å². The SMILES string of the molecule is Clc1ccc(C(CCn2ccnc2)c2ccc(-c3cn[nH]c3)cc2)cc1.Clc1ccc(C(CCn2ccnc2)c2ccc(Br)cc2)cc1. The summed E-state index contributed by atoms with van der Waals surface area (Å²) in [5.74, 6) is 0.640. The second-order valence-corrected chi connectivity index (χ2v) is 13.3. The molecule has 3 aromatic heterocycles. The smallest absolute Gasteiger partial charge is 0.0945 e. The molecule has 242 valence electrons. The highest BCUT2D eigenvalue weighted by molar-refractivity contribution is 9.10. The van der Waals surface area contributed by atoms with Gasteiger partial charge < -0.3 is 9.13 Å². The summed E-state index contributed by atoms with van der Waals surface area (Å²) < 4.78 is 5.32. The van der Waals surface area contributed by atoms with Gasteiger partial charge in [0.25, 0.3) is 0 Å². The van der Waals surface area contributed by atoms with E-state index >= 15 is 0 Å². The van der Waals surface area contributed by atoms with E-state index in [1.165, 1.54) is 22.3 Å². The minimum atomic E-state index is 0.299. The van der Waals surface area contributed by atoms with Crippen molar-refractivity contribution in [1.29, 1.82) is 0 Å². The van der Waals surface area contributed by atoms with Gasteiger partial charge in [0.1, 0.15) is 0 Å². The van der Waals surface area contributed by atoms with Crippen molar-refractivity contribution in [1.82, 2.24) is 29.3 Å². The van der Waals surface area contributed by atoms with Crippen molar-refractivity contribution in [2.45, 2.75) is 37.8 Å². The number of aromatic amines is 1. The largest absolute Gasteiger partial charge is 0.337 e. The van der Waals surface area contributed by atoms with Crippen LogP contribution in [-0.4, -0.2) is 29.3 Å². The molecule has 0 radical (unpaired) electrons. The number of aromatic nitrogens is 6. The second kappa shape index (κ2) is 16.6. The van der Waals surface area contributed by atoms with Crippen molar-refractivity contribution < 1.29 is 0 Å². The first kappa shape index (κ1) is 33.5. The Morgan fingerprint density at radius 2 is 1.02 bits per heavy atom. The van der Waals surface area contributed by atoms with Crippen LogP contribution in [0.1, 0.15) is 46.9 Å². The van der Waals surface area contributed by atoms with Gasteiger partial charge in [0.05, 0.1) is 18.9 Å². The van der Waals surface area contributed by atoms with Gasteiger partial charge in [-0.1, -0.05) is 99.8 Å². The molecule has 6 nitrogen and oxygen atoms in total. The average molecular weight is 739 g/mol. The van der Waals surface area contributed by atoms with Gasteiger partial charge in [0, 0.05) is 76.0 Å². The lowest BCUT2D eigenvalue weighted by Gasteiger charge is -2.19. The van der Waals surface area contributed by atoms with Crippen LogP contribution in [0.2, 0.25) is 10.0 Å². The van der Waals surface area contributed by atoms with Gasteiger partial charge in [-0.15, -0.1) is 0 Å². The molecule has 0 saturated heterocycles. The molecule has 2 unspecified atom stereocenters. The number of nitrogens with zero attached hydrogens (tertiary/aromatic N) is 5. The molecule has 0 fully saturated rings. The first-order chi connectivity index (χ1) is 23.5. The number of H-pyrrole nitrogens is 1. The highest BCUT2D eigenvalue weighted by atomic mass is 79.9. The fourth-order valence-electron chi connectivity index (χ4n) is 5.85. The van der Waals surface area contributed by atoms with Crippen molar-refractivity contribution in [2.75, 3.05) is 0 Å². The molecular formula is C39H35BrCl2N6. The number of rotatable bonds is 11. The van der Waals surface area contributed by atoms with Crippen molar-refractivity contribution in [3.8, 4) is 11.1 Å². The summed E-state index contributed by atoms with van der Waals surface area (Å²) in [5, 5.41) is 8.42. The van der Waals surface area contributed by atoms with Crippen LogP contribution in [0, 0.1) is 0 Å². The van der Waals surface area contributed by atoms with Crippen LogP contribution in [0.3, 0.4) is 0 Å². The molecule has 0 saturated carbocycles. The second-order valence-electron chi connectivity index (χ2n) is 11.5. The number of hydrogen-bond acceptors (Lipinski definition) is 3. The van der Waals surface area contributed by atoms with Gasteiger partial charge in [-0.05, 0) is 77.1 Å². The molecule has 0 aliphatic rings. The summed E-state index contributed by atoms with van der Waals surface area (Å²) in [6, 6.07) is 33.6. The standard InChI is InChI=1S/C21H19ClN4.C18H16BrClN2/c22-20-7-5-18(6-8-20)21(9-11-26-12-10-23-15-26)17-3-1-16(2-4-17)19-13-24-25-14-19;19-16-5-1-14(2-6-16)18(9-11-22-12-10-21-13-22)15-3-7-17(20)8-4-15/h1-8,10,12-15,21H,9,11H2,(H,24,25);1-8,10,12-13,18H,9,11H2. The molecule has 0 aliphatic carbocycles. The summed E-state index contributed by atoms with van der Waals surface area (Å²) in [6.45, 7) is 1.85. The molecule has 3 heterocycles. The maximum absolute atomic E-state index is 6.08. The van der Waals surface area contributed by atoms with Crippen molar-refractivity contribution in [3.63, 3.8) is 0 Å². The topological polar surface area (TPSA) is 64.3 Å². The van der Waals surface area contributed by atoms with Crippen LogP contribution in [0.4, 0.5) is 0 Å². The van der Waals surface area contributed by atoms with Gasteiger partial charge in [0.2, 0.25) is 0 Å². The summed E-state index contributed by atoms with van der Waals surface area (Å²) in [7, 11) is 0. The van der Waals surface area contributed by atoms with E-state index in [1.54, 1.807) is 0 Å². The number of nitrogens with one attached hydrogen (secondary N) is 1. The zero-order valence-corrected chi connectivity index (χ0v) is 29.3. The van der Waals surface area contributed by atoms with Crippen LogP contribution < -0.4 is 0 Å². The van der Waals surface area contributed by atoms with E-state index in [0.717, 1.165) is 51.6 Å². The Hall–Kier alpha value is -4.43. The highest BCUT2D eigenvalue weighted by Gasteiger charge is 2.16. The predicted molar refractivity (Wildman–Crippen MR) is 198 cm³/mol. The highest BCUT2D eigenvalue weighted by Crippen LogP contribution is 2.32. The Morgan fingerprint density at radius 3 is 1.42 bits per heavy atom. The Balaban J connectivity index is 0.000000170. The Labute approximate surface area is 299 Å². The van der Waals surface area contributed by atoms with E-state index in [0.29, 0.717) is 11.8 Å². The Bertz CT molecular complexity index is 1880. The van der Waals surface area contributed by atoms with Gasteiger partial charge >= 0.3 is 0 Å². The van der Waals surface area contributed by atoms with Crippen LogP contribution in [0.15, 0.2) is 151 Å². The van der Waals surface area contributed by atoms with Crippen LogP contribution in [-0.2, 0) is 13.1 Å². The Kier molecular flexibility index (Phi) is 11.6. The van der Waals surface area contributed by atoms with Gasteiger partial charge in [0.15, 0.2) is 0 Å². The normalized spacial score (nSPS) is 12.2. The lowest BCUT2D eigenvalue weighted by Crippen LogP contribution is -2.06. The molecular weight excluding hydrogens is 703 g/mol. The van der Waals surface area contributed by atoms with E-state index in [4.69, 9.17) is 23.2 Å². The van der Waals surface area contributed by atoms with Gasteiger partial charge in [-0.3, -0.25) is 5.10 Å². The molecule has 0 spiro atoms. The molecule has 9 heteroatoms. The predicted octanol–water partition coefficient (Wildman–Crippen LogP) is 10.7. The van der Waals surface area contributed by atoms with Crippen molar-refractivity contribution in [2.24, 2.45) is 0 Å². The zero-order valence-electron chi connectivity index (χ0n) is 26.2. The quantitative estimate of drug-likeness (QED) is 0.144.